The van der Waals surface area contributed by atoms with Crippen LogP contribution in [0.5, 0.6) is 0 Å². The van der Waals surface area contributed by atoms with Gasteiger partial charge in [-0.2, -0.15) is 0 Å². The molecule has 2 nitrogen and oxygen atoms in total. The van der Waals surface area contributed by atoms with Crippen LogP contribution >= 0.6 is 0 Å². The van der Waals surface area contributed by atoms with Crippen molar-refractivity contribution in [3.05, 3.63) is 311 Å². The molecule has 2 heteroatoms. The molecule has 0 spiro atoms. The van der Waals surface area contributed by atoms with Gasteiger partial charge in [-0.3, -0.25) is 0 Å². The maximum atomic E-state index is 2.51. The van der Waals surface area contributed by atoms with Gasteiger partial charge in [0.25, 0.3) is 0 Å². The summed E-state index contributed by atoms with van der Waals surface area (Å²) in [5.41, 5.74) is 23.2. The summed E-state index contributed by atoms with van der Waals surface area (Å²) in [5, 5.41) is 4.92. The summed E-state index contributed by atoms with van der Waals surface area (Å²) < 4.78 is 0. The zero-order valence-electron chi connectivity index (χ0n) is 42.8. The van der Waals surface area contributed by atoms with Gasteiger partial charge in [0.15, 0.2) is 0 Å². The molecule has 0 aliphatic heterocycles. The maximum absolute atomic E-state index is 2.51. The van der Waals surface area contributed by atoms with Gasteiger partial charge >= 0.3 is 0 Å². The fourth-order valence-corrected chi connectivity index (χ4v) is 12.4. The summed E-state index contributed by atoms with van der Waals surface area (Å²) in [6.07, 6.45) is 0. The van der Waals surface area contributed by atoms with Gasteiger partial charge in [-0.25, -0.2) is 0 Å². The van der Waals surface area contributed by atoms with Crippen LogP contribution in [0.2, 0.25) is 0 Å². The van der Waals surface area contributed by atoms with Crippen molar-refractivity contribution < 1.29 is 0 Å². The third-order valence-corrected chi connectivity index (χ3v) is 15.3. The van der Waals surface area contributed by atoms with Gasteiger partial charge in [-0.1, -0.05) is 194 Å². The van der Waals surface area contributed by atoms with E-state index in [1.54, 1.807) is 0 Å². The predicted molar refractivity (Wildman–Crippen MR) is 318 cm³/mol. The molecular weight excluding hydrogens is 905 g/mol. The van der Waals surface area contributed by atoms with Crippen LogP contribution in [0, 0.1) is 27.7 Å². The number of hydrogen-bond donors (Lipinski definition) is 0. The SMILES string of the molecule is Cc1cc(C)cc(N(c2cccc(-c3ccccc3)c2)c2ccc3c(c2)C(c2ccccc2)(c2ccccc2)c2c-3c3ccccc3c3cc(N(c4cc(C)cc(C)c4)c4cccc(-c5ccccc5)c4)ccc23)c1. The van der Waals surface area contributed by atoms with Crippen LogP contribution in [0.1, 0.15) is 44.5 Å². The van der Waals surface area contributed by atoms with E-state index in [2.05, 4.69) is 304 Å². The highest BCUT2D eigenvalue weighted by Gasteiger charge is 2.48. The zero-order chi connectivity index (χ0) is 50.6. The molecule has 0 heterocycles. The molecule has 12 aromatic rings. The normalized spacial score (nSPS) is 12.4. The van der Waals surface area contributed by atoms with E-state index in [9.17, 15) is 0 Å². The molecule has 0 bridgehead atoms. The number of hydrogen-bond acceptors (Lipinski definition) is 2. The van der Waals surface area contributed by atoms with Crippen molar-refractivity contribution in [2.75, 3.05) is 9.80 Å². The van der Waals surface area contributed by atoms with Crippen molar-refractivity contribution in [1.82, 2.24) is 0 Å². The summed E-state index contributed by atoms with van der Waals surface area (Å²) >= 11 is 0. The van der Waals surface area contributed by atoms with Crippen LogP contribution in [0.4, 0.5) is 34.1 Å². The van der Waals surface area contributed by atoms with Gasteiger partial charge in [0.05, 0.1) is 5.41 Å². The first-order valence-electron chi connectivity index (χ1n) is 26.1. The number of anilines is 6. The van der Waals surface area contributed by atoms with Crippen LogP contribution in [-0.4, -0.2) is 0 Å². The van der Waals surface area contributed by atoms with E-state index in [-0.39, 0.29) is 0 Å². The van der Waals surface area contributed by atoms with E-state index in [1.807, 2.05) is 0 Å². The van der Waals surface area contributed by atoms with Gasteiger partial charge in [0.1, 0.15) is 0 Å². The summed E-state index contributed by atoms with van der Waals surface area (Å²) in [6, 6.07) is 99.4. The molecule has 0 N–H and O–H groups in total. The third-order valence-electron chi connectivity index (χ3n) is 15.3. The Morgan fingerprint density at radius 3 is 1.19 bits per heavy atom. The minimum absolute atomic E-state index is 0.704. The van der Waals surface area contributed by atoms with Crippen LogP contribution in [0.25, 0.3) is 54.9 Å². The standard InChI is InChI=1S/C73H56N2/c1-49-39-50(2)42-63(41-49)74(59-31-19-25-55(45-59)53-21-9-5-10-22-53)61-35-37-67-69(47-61)65-33-17-18-34-66(65)71-68-38-36-62(48-70(68)73(72(67)71,57-27-13-7-14-28-57)58-29-15-8-16-30-58)75(64-43-51(3)40-52(4)44-64)60-32-20-26-56(46-60)54-23-11-6-12-24-54/h5-48H,1-4H3. The highest BCUT2D eigenvalue weighted by atomic mass is 15.1. The number of aryl methyl sites for hydroxylation is 4. The molecule has 0 saturated carbocycles. The maximum Gasteiger partial charge on any atom is 0.0720 e. The average molecular weight is 961 g/mol. The summed E-state index contributed by atoms with van der Waals surface area (Å²) in [4.78, 5) is 4.91. The summed E-state index contributed by atoms with van der Waals surface area (Å²) in [7, 11) is 0. The average Bonchev–Trinajstić information content (AvgIpc) is 3.75. The van der Waals surface area contributed by atoms with E-state index < -0.39 is 5.41 Å². The Morgan fingerprint density at radius 1 is 0.267 bits per heavy atom. The topological polar surface area (TPSA) is 6.48 Å². The smallest absolute Gasteiger partial charge is 0.0720 e. The molecule has 1 aliphatic rings. The highest BCUT2D eigenvalue weighted by molar-refractivity contribution is 6.20. The Labute approximate surface area is 441 Å². The first-order valence-corrected chi connectivity index (χ1v) is 26.1. The predicted octanol–water partition coefficient (Wildman–Crippen LogP) is 19.9. The summed E-state index contributed by atoms with van der Waals surface area (Å²) in [6.45, 7) is 8.81. The third kappa shape index (κ3) is 7.89. The Hall–Kier alpha value is -9.24. The van der Waals surface area contributed by atoms with Gasteiger partial charge in [0, 0.05) is 34.1 Å². The summed E-state index contributed by atoms with van der Waals surface area (Å²) in [5.74, 6) is 0. The fourth-order valence-electron chi connectivity index (χ4n) is 12.4. The lowest BCUT2D eigenvalue weighted by Gasteiger charge is -2.36. The van der Waals surface area contributed by atoms with Crippen molar-refractivity contribution in [1.29, 1.82) is 0 Å². The van der Waals surface area contributed by atoms with Gasteiger partial charge in [-0.15, -0.1) is 0 Å². The minimum Gasteiger partial charge on any atom is -0.310 e. The molecule has 0 amide bonds. The van der Waals surface area contributed by atoms with Crippen LogP contribution in [0.15, 0.2) is 267 Å². The lowest BCUT2D eigenvalue weighted by atomic mass is 9.66. The highest BCUT2D eigenvalue weighted by Crippen LogP contribution is 2.61. The van der Waals surface area contributed by atoms with Crippen molar-refractivity contribution in [2.24, 2.45) is 0 Å². The van der Waals surface area contributed by atoms with Crippen molar-refractivity contribution in [2.45, 2.75) is 33.1 Å². The fraction of sp³-hybridized carbons (Fsp3) is 0.0685. The Bertz CT molecular complexity index is 4020. The van der Waals surface area contributed by atoms with E-state index >= 15 is 0 Å². The molecule has 358 valence electrons. The molecule has 1 aliphatic carbocycles. The molecule has 13 rings (SSSR count). The largest absolute Gasteiger partial charge is 0.310 e. The lowest BCUT2D eigenvalue weighted by molar-refractivity contribution is 0.776. The van der Waals surface area contributed by atoms with Crippen LogP contribution in [-0.2, 0) is 5.41 Å². The molecular formula is C73H56N2. The number of nitrogens with zero attached hydrogens (tertiary/aromatic N) is 2. The number of fused-ring (bicyclic) bond motifs is 8. The second kappa shape index (κ2) is 18.7. The molecule has 12 aromatic carbocycles. The monoisotopic (exact) mass is 960 g/mol. The molecule has 0 aromatic heterocycles. The van der Waals surface area contributed by atoms with Crippen molar-refractivity contribution >= 4 is 55.7 Å². The molecule has 0 saturated heterocycles. The van der Waals surface area contributed by atoms with Gasteiger partial charge in [0.2, 0.25) is 0 Å². The van der Waals surface area contributed by atoms with E-state index in [1.165, 1.54) is 99.4 Å². The molecule has 75 heavy (non-hydrogen) atoms. The second-order valence-electron chi connectivity index (χ2n) is 20.4. The molecule has 0 atom stereocenters. The zero-order valence-corrected chi connectivity index (χ0v) is 42.8. The molecule has 0 unspecified atom stereocenters. The van der Waals surface area contributed by atoms with E-state index in [4.69, 9.17) is 0 Å². The van der Waals surface area contributed by atoms with Crippen LogP contribution in [0.3, 0.4) is 0 Å². The lowest BCUT2D eigenvalue weighted by Crippen LogP contribution is -2.29. The Balaban J connectivity index is 1.10. The van der Waals surface area contributed by atoms with Gasteiger partial charge < -0.3 is 9.80 Å². The minimum atomic E-state index is -0.704. The van der Waals surface area contributed by atoms with Gasteiger partial charge in [-0.05, 0) is 200 Å². The van der Waals surface area contributed by atoms with E-state index in [0.29, 0.717) is 0 Å². The van der Waals surface area contributed by atoms with Crippen molar-refractivity contribution in [3.63, 3.8) is 0 Å². The number of rotatable bonds is 10. The molecule has 0 radical (unpaired) electrons. The van der Waals surface area contributed by atoms with Crippen LogP contribution < -0.4 is 9.80 Å². The van der Waals surface area contributed by atoms with Crippen molar-refractivity contribution in [3.8, 4) is 33.4 Å². The number of benzene rings is 12. The first-order chi connectivity index (χ1) is 36.8. The molecule has 0 fully saturated rings. The Kier molecular flexibility index (Phi) is 11.4. The van der Waals surface area contributed by atoms with E-state index in [0.717, 1.165) is 34.1 Å². The Morgan fingerprint density at radius 2 is 0.680 bits per heavy atom. The quantitative estimate of drug-likeness (QED) is 0.126. The second-order valence-corrected chi connectivity index (χ2v) is 20.4. The first kappa shape index (κ1) is 45.6.